The molecule has 4 rings (SSSR count). The number of piperazine rings is 1. The van der Waals surface area contributed by atoms with Crippen LogP contribution in [0.1, 0.15) is 16.2 Å². The van der Waals surface area contributed by atoms with Crippen molar-refractivity contribution in [2.75, 3.05) is 33.3 Å². The first-order valence-electron chi connectivity index (χ1n) is 9.36. The molecule has 0 unspecified atom stereocenters. The van der Waals surface area contributed by atoms with Crippen LogP contribution in [0.15, 0.2) is 53.1 Å². The molecule has 29 heavy (non-hydrogen) atoms. The van der Waals surface area contributed by atoms with Crippen molar-refractivity contribution in [3.8, 4) is 17.2 Å². The molecule has 0 saturated carbocycles. The average Bonchev–Trinajstić information content (AvgIpc) is 3.22. The van der Waals surface area contributed by atoms with Gasteiger partial charge in [-0.1, -0.05) is 11.2 Å². The Kier molecular flexibility index (Phi) is 5.53. The third-order valence-corrected chi connectivity index (χ3v) is 4.90. The van der Waals surface area contributed by atoms with E-state index in [9.17, 15) is 9.18 Å². The van der Waals surface area contributed by atoms with Gasteiger partial charge in [-0.05, 0) is 42.5 Å². The first-order valence-corrected chi connectivity index (χ1v) is 9.36. The Hall–Kier alpha value is -3.26. The van der Waals surface area contributed by atoms with Crippen LogP contribution in [0, 0.1) is 5.82 Å². The predicted octanol–water partition coefficient (Wildman–Crippen LogP) is 2.84. The van der Waals surface area contributed by atoms with Crippen LogP contribution in [0.4, 0.5) is 4.39 Å². The van der Waals surface area contributed by atoms with E-state index in [1.807, 2.05) is 24.3 Å². The Morgan fingerprint density at radius 3 is 2.59 bits per heavy atom. The lowest BCUT2D eigenvalue weighted by Crippen LogP contribution is -2.48. The summed E-state index contributed by atoms with van der Waals surface area (Å²) in [6.45, 7) is 3.06. The van der Waals surface area contributed by atoms with Crippen LogP contribution >= 0.6 is 0 Å². The molecule has 2 aromatic carbocycles. The van der Waals surface area contributed by atoms with E-state index in [-0.39, 0.29) is 5.91 Å². The van der Waals surface area contributed by atoms with Gasteiger partial charge in [0.25, 0.3) is 11.8 Å². The van der Waals surface area contributed by atoms with Gasteiger partial charge >= 0.3 is 0 Å². The Labute approximate surface area is 167 Å². The van der Waals surface area contributed by atoms with Crippen molar-refractivity contribution in [3.63, 3.8) is 0 Å². The van der Waals surface area contributed by atoms with Crippen molar-refractivity contribution in [1.29, 1.82) is 0 Å². The van der Waals surface area contributed by atoms with Gasteiger partial charge in [0.2, 0.25) is 0 Å². The SMILES string of the molecule is COc1ccc(-c2nc(CN3CCN(C(=O)c4cccc(F)c4)CC3)no2)cc1. The Morgan fingerprint density at radius 1 is 1.14 bits per heavy atom. The minimum Gasteiger partial charge on any atom is -0.497 e. The quantitative estimate of drug-likeness (QED) is 0.660. The molecule has 1 aromatic heterocycles. The highest BCUT2D eigenvalue weighted by atomic mass is 19.1. The van der Waals surface area contributed by atoms with Crippen LogP contribution < -0.4 is 4.74 Å². The number of carbonyl (C=O) groups is 1. The Balaban J connectivity index is 1.33. The van der Waals surface area contributed by atoms with Gasteiger partial charge in [-0.15, -0.1) is 0 Å². The molecule has 1 aliphatic heterocycles. The number of ether oxygens (including phenoxy) is 1. The second kappa shape index (κ2) is 8.40. The third kappa shape index (κ3) is 4.43. The molecule has 2 heterocycles. The van der Waals surface area contributed by atoms with E-state index in [0.29, 0.717) is 50.0 Å². The van der Waals surface area contributed by atoms with Crippen molar-refractivity contribution in [3.05, 3.63) is 65.7 Å². The normalized spacial score (nSPS) is 14.8. The van der Waals surface area contributed by atoms with Crippen LogP contribution in [0.3, 0.4) is 0 Å². The van der Waals surface area contributed by atoms with Crippen LogP contribution in [-0.4, -0.2) is 59.1 Å². The number of halogens is 1. The molecule has 8 heteroatoms. The molecule has 1 saturated heterocycles. The highest BCUT2D eigenvalue weighted by Crippen LogP contribution is 2.21. The van der Waals surface area contributed by atoms with Crippen molar-refractivity contribution >= 4 is 5.91 Å². The van der Waals surface area contributed by atoms with Gasteiger partial charge in [-0.2, -0.15) is 4.98 Å². The molecule has 0 aliphatic carbocycles. The lowest BCUT2D eigenvalue weighted by atomic mass is 10.1. The summed E-state index contributed by atoms with van der Waals surface area (Å²) < 4.78 is 23.9. The summed E-state index contributed by atoms with van der Waals surface area (Å²) in [5.74, 6) is 1.27. The van der Waals surface area contributed by atoms with Crippen LogP contribution in [0.2, 0.25) is 0 Å². The number of rotatable bonds is 5. The van der Waals surface area contributed by atoms with Gasteiger partial charge in [0.15, 0.2) is 5.82 Å². The average molecular weight is 396 g/mol. The number of methoxy groups -OCH3 is 1. The van der Waals surface area contributed by atoms with Gasteiger partial charge in [0.1, 0.15) is 11.6 Å². The fourth-order valence-electron chi connectivity index (χ4n) is 3.28. The van der Waals surface area contributed by atoms with Gasteiger partial charge in [0.05, 0.1) is 13.7 Å². The molecule has 0 atom stereocenters. The van der Waals surface area contributed by atoms with Crippen molar-refractivity contribution < 1.29 is 18.4 Å². The number of carbonyl (C=O) groups excluding carboxylic acids is 1. The van der Waals surface area contributed by atoms with Crippen LogP contribution in [0.5, 0.6) is 5.75 Å². The molecular weight excluding hydrogens is 375 g/mol. The smallest absolute Gasteiger partial charge is 0.257 e. The van der Waals surface area contributed by atoms with E-state index in [2.05, 4.69) is 15.0 Å². The molecule has 1 amide bonds. The lowest BCUT2D eigenvalue weighted by molar-refractivity contribution is 0.0624. The maximum absolute atomic E-state index is 13.4. The highest BCUT2D eigenvalue weighted by molar-refractivity contribution is 5.94. The standard InChI is InChI=1S/C21H21FN4O3/c1-28-18-7-5-15(6-8-18)20-23-19(24-29-20)14-25-9-11-26(12-10-25)21(27)16-3-2-4-17(22)13-16/h2-8,13H,9-12,14H2,1H3. The van der Waals surface area contributed by atoms with Gasteiger partial charge < -0.3 is 14.2 Å². The zero-order valence-corrected chi connectivity index (χ0v) is 16.0. The maximum Gasteiger partial charge on any atom is 0.257 e. The molecule has 0 N–H and O–H groups in total. The van der Waals surface area contributed by atoms with E-state index in [1.165, 1.54) is 12.1 Å². The van der Waals surface area contributed by atoms with Crippen molar-refractivity contribution in [2.24, 2.45) is 0 Å². The number of benzene rings is 2. The summed E-state index contributed by atoms with van der Waals surface area (Å²) in [4.78, 5) is 20.9. The first-order chi connectivity index (χ1) is 14.1. The minimum absolute atomic E-state index is 0.148. The highest BCUT2D eigenvalue weighted by Gasteiger charge is 2.23. The second-order valence-corrected chi connectivity index (χ2v) is 6.82. The fourth-order valence-corrected chi connectivity index (χ4v) is 3.28. The monoisotopic (exact) mass is 396 g/mol. The van der Waals surface area contributed by atoms with Crippen molar-refractivity contribution in [1.82, 2.24) is 19.9 Å². The number of amides is 1. The van der Waals surface area contributed by atoms with E-state index in [4.69, 9.17) is 9.26 Å². The summed E-state index contributed by atoms with van der Waals surface area (Å²) in [5.41, 5.74) is 1.20. The summed E-state index contributed by atoms with van der Waals surface area (Å²) in [6, 6.07) is 13.2. The van der Waals surface area contributed by atoms with E-state index < -0.39 is 5.82 Å². The maximum atomic E-state index is 13.4. The summed E-state index contributed by atoms with van der Waals surface area (Å²) in [6.07, 6.45) is 0. The minimum atomic E-state index is -0.403. The van der Waals surface area contributed by atoms with Gasteiger partial charge in [-0.25, -0.2) is 4.39 Å². The van der Waals surface area contributed by atoms with Gasteiger partial charge in [0, 0.05) is 37.3 Å². The Morgan fingerprint density at radius 2 is 1.90 bits per heavy atom. The molecular formula is C21H21FN4O3. The molecule has 3 aromatic rings. The molecule has 0 radical (unpaired) electrons. The molecule has 7 nitrogen and oxygen atoms in total. The molecule has 150 valence electrons. The molecule has 0 bridgehead atoms. The number of hydrogen-bond acceptors (Lipinski definition) is 6. The third-order valence-electron chi connectivity index (χ3n) is 4.90. The van der Waals surface area contributed by atoms with E-state index in [0.717, 1.165) is 11.3 Å². The fraction of sp³-hybridized carbons (Fsp3) is 0.286. The second-order valence-electron chi connectivity index (χ2n) is 6.82. The van der Waals surface area contributed by atoms with E-state index in [1.54, 1.807) is 24.1 Å². The number of aromatic nitrogens is 2. The predicted molar refractivity (Wildman–Crippen MR) is 104 cm³/mol. The number of nitrogens with zero attached hydrogens (tertiary/aromatic N) is 4. The molecule has 1 fully saturated rings. The zero-order valence-electron chi connectivity index (χ0n) is 16.0. The molecule has 1 aliphatic rings. The van der Waals surface area contributed by atoms with Gasteiger partial charge in [-0.3, -0.25) is 9.69 Å². The summed E-state index contributed by atoms with van der Waals surface area (Å²) in [5, 5.41) is 4.06. The summed E-state index contributed by atoms with van der Waals surface area (Å²) in [7, 11) is 1.62. The molecule has 0 spiro atoms. The zero-order chi connectivity index (χ0) is 20.2. The van der Waals surface area contributed by atoms with E-state index >= 15 is 0 Å². The van der Waals surface area contributed by atoms with Crippen molar-refractivity contribution in [2.45, 2.75) is 6.54 Å². The van der Waals surface area contributed by atoms with Crippen LogP contribution in [0.25, 0.3) is 11.5 Å². The largest absolute Gasteiger partial charge is 0.497 e. The lowest BCUT2D eigenvalue weighted by Gasteiger charge is -2.34. The Bertz CT molecular complexity index is 982. The summed E-state index contributed by atoms with van der Waals surface area (Å²) >= 11 is 0. The number of hydrogen-bond donors (Lipinski definition) is 0. The van der Waals surface area contributed by atoms with Crippen LogP contribution in [-0.2, 0) is 6.54 Å². The first kappa shape index (κ1) is 19.1. The topological polar surface area (TPSA) is 71.7 Å².